The lowest BCUT2D eigenvalue weighted by Gasteiger charge is -2.14. The summed E-state index contributed by atoms with van der Waals surface area (Å²) in [6.07, 6.45) is 6.84. The summed E-state index contributed by atoms with van der Waals surface area (Å²) in [6, 6.07) is 0. The van der Waals surface area contributed by atoms with Crippen LogP contribution in [0.25, 0.3) is 0 Å². The number of hydrogen-bond acceptors (Lipinski definition) is 4. The first-order valence-corrected chi connectivity index (χ1v) is 6.53. The quantitative estimate of drug-likeness (QED) is 0.751. The zero-order valence-corrected chi connectivity index (χ0v) is 10.4. The van der Waals surface area contributed by atoms with E-state index in [-0.39, 0.29) is 0 Å². The molecule has 0 aliphatic rings. The Morgan fingerprint density at radius 3 is 2.87 bits per heavy atom. The molecule has 4 heteroatoms. The molecule has 86 valence electrons. The van der Waals surface area contributed by atoms with E-state index in [0.717, 1.165) is 22.6 Å². The van der Waals surface area contributed by atoms with E-state index in [4.69, 9.17) is 5.73 Å². The molecule has 1 rings (SSSR count). The summed E-state index contributed by atoms with van der Waals surface area (Å²) < 4.78 is 0. The number of thiazole rings is 1. The molecule has 1 heterocycles. The van der Waals surface area contributed by atoms with E-state index in [9.17, 15) is 0 Å². The average molecular weight is 227 g/mol. The van der Waals surface area contributed by atoms with Crippen molar-refractivity contribution in [2.24, 2.45) is 5.92 Å². The highest BCUT2D eigenvalue weighted by Gasteiger charge is 2.06. The lowest BCUT2D eigenvalue weighted by Crippen LogP contribution is -2.13. The van der Waals surface area contributed by atoms with Crippen molar-refractivity contribution in [1.29, 1.82) is 0 Å². The number of rotatable bonds is 7. The predicted molar refractivity (Wildman–Crippen MR) is 68.3 cm³/mol. The van der Waals surface area contributed by atoms with E-state index in [0.29, 0.717) is 0 Å². The van der Waals surface area contributed by atoms with Crippen LogP contribution in [0.1, 0.15) is 39.5 Å². The van der Waals surface area contributed by atoms with Gasteiger partial charge in [-0.15, -0.1) is 0 Å². The molecule has 1 atom stereocenters. The smallest absolute Gasteiger partial charge is 0.184 e. The molecular formula is C11H21N3S. The Hall–Kier alpha value is -0.770. The second kappa shape index (κ2) is 6.67. The highest BCUT2D eigenvalue weighted by atomic mass is 32.1. The van der Waals surface area contributed by atoms with Crippen LogP contribution >= 0.6 is 11.3 Å². The lowest BCUT2D eigenvalue weighted by molar-refractivity contribution is 0.472. The van der Waals surface area contributed by atoms with Gasteiger partial charge in [0.25, 0.3) is 0 Å². The van der Waals surface area contributed by atoms with Gasteiger partial charge in [-0.3, -0.25) is 0 Å². The number of hydrogen-bond donors (Lipinski definition) is 2. The number of unbranched alkanes of at least 4 members (excludes halogenated alkanes) is 1. The van der Waals surface area contributed by atoms with Crippen LogP contribution in [-0.2, 0) is 0 Å². The first-order chi connectivity index (χ1) is 7.26. The van der Waals surface area contributed by atoms with Gasteiger partial charge in [0, 0.05) is 6.54 Å². The molecule has 0 aliphatic carbocycles. The highest BCUT2D eigenvalue weighted by Crippen LogP contribution is 2.21. The van der Waals surface area contributed by atoms with Crippen LogP contribution in [0, 0.1) is 5.92 Å². The minimum Gasteiger partial charge on any atom is -0.389 e. The molecule has 0 amide bonds. The first kappa shape index (κ1) is 12.3. The zero-order chi connectivity index (χ0) is 11.1. The van der Waals surface area contributed by atoms with Gasteiger partial charge in [-0.1, -0.05) is 44.4 Å². The first-order valence-electron chi connectivity index (χ1n) is 5.71. The summed E-state index contributed by atoms with van der Waals surface area (Å²) in [7, 11) is 0. The van der Waals surface area contributed by atoms with E-state index < -0.39 is 0 Å². The van der Waals surface area contributed by atoms with Gasteiger partial charge in [0.2, 0.25) is 0 Å². The summed E-state index contributed by atoms with van der Waals surface area (Å²) in [6.45, 7) is 5.50. The monoisotopic (exact) mass is 227 g/mol. The van der Waals surface area contributed by atoms with Crippen molar-refractivity contribution in [2.75, 3.05) is 17.6 Å². The third kappa shape index (κ3) is 4.51. The van der Waals surface area contributed by atoms with Crippen molar-refractivity contribution in [3.8, 4) is 0 Å². The van der Waals surface area contributed by atoms with E-state index in [1.807, 2.05) is 0 Å². The standard InChI is InChI=1S/C11H21N3S/c1-3-5-6-9(4-2)7-13-11-14-8-10(12)15-11/h8-9H,3-7,12H2,1-2H3,(H,13,14). The summed E-state index contributed by atoms with van der Waals surface area (Å²) in [5.41, 5.74) is 5.61. The minimum atomic E-state index is 0.759. The maximum Gasteiger partial charge on any atom is 0.184 e. The number of nitrogens with zero attached hydrogens (tertiary/aromatic N) is 1. The topological polar surface area (TPSA) is 50.9 Å². The molecule has 1 aromatic rings. The highest BCUT2D eigenvalue weighted by molar-refractivity contribution is 7.19. The van der Waals surface area contributed by atoms with Crippen LogP contribution in [0.4, 0.5) is 10.1 Å². The lowest BCUT2D eigenvalue weighted by atomic mass is 10.00. The van der Waals surface area contributed by atoms with Crippen molar-refractivity contribution in [3.63, 3.8) is 0 Å². The summed E-state index contributed by atoms with van der Waals surface area (Å²) in [5.74, 6) is 0.759. The minimum absolute atomic E-state index is 0.759. The Labute approximate surface area is 96.1 Å². The Bertz CT molecular complexity index is 273. The fourth-order valence-electron chi connectivity index (χ4n) is 1.54. The third-order valence-electron chi connectivity index (χ3n) is 2.61. The largest absolute Gasteiger partial charge is 0.389 e. The number of aromatic nitrogens is 1. The molecule has 3 nitrogen and oxygen atoms in total. The van der Waals surface area contributed by atoms with Crippen LogP contribution in [0.2, 0.25) is 0 Å². The second-order valence-corrected chi connectivity index (χ2v) is 4.93. The second-order valence-electron chi connectivity index (χ2n) is 3.87. The number of nitrogens with two attached hydrogens (primary N) is 1. The van der Waals surface area contributed by atoms with E-state index in [1.165, 1.54) is 37.0 Å². The van der Waals surface area contributed by atoms with Gasteiger partial charge in [-0.2, -0.15) is 0 Å². The number of anilines is 2. The SMILES string of the molecule is CCCCC(CC)CNc1ncc(N)s1. The maximum absolute atomic E-state index is 5.61. The van der Waals surface area contributed by atoms with Crippen molar-refractivity contribution in [1.82, 2.24) is 4.98 Å². The predicted octanol–water partition coefficient (Wildman–Crippen LogP) is 3.35. The Morgan fingerprint density at radius 1 is 1.53 bits per heavy atom. The fraction of sp³-hybridized carbons (Fsp3) is 0.727. The molecule has 15 heavy (non-hydrogen) atoms. The molecule has 0 fully saturated rings. The Morgan fingerprint density at radius 2 is 2.33 bits per heavy atom. The van der Waals surface area contributed by atoms with Crippen molar-refractivity contribution in [2.45, 2.75) is 39.5 Å². The maximum atomic E-state index is 5.61. The normalized spacial score (nSPS) is 12.7. The Balaban J connectivity index is 2.27. The molecule has 0 saturated carbocycles. The van der Waals surface area contributed by atoms with Gasteiger partial charge in [-0.25, -0.2) is 4.98 Å². The number of nitrogens with one attached hydrogen (secondary N) is 1. The van der Waals surface area contributed by atoms with Gasteiger partial charge in [-0.05, 0) is 12.3 Å². The van der Waals surface area contributed by atoms with Crippen molar-refractivity contribution < 1.29 is 0 Å². The summed E-state index contributed by atoms with van der Waals surface area (Å²) >= 11 is 1.52. The molecule has 1 unspecified atom stereocenters. The van der Waals surface area contributed by atoms with Crippen LogP contribution in [0.3, 0.4) is 0 Å². The van der Waals surface area contributed by atoms with Gasteiger partial charge < -0.3 is 11.1 Å². The van der Waals surface area contributed by atoms with Gasteiger partial charge >= 0.3 is 0 Å². The van der Waals surface area contributed by atoms with E-state index >= 15 is 0 Å². The van der Waals surface area contributed by atoms with Crippen molar-refractivity contribution in [3.05, 3.63) is 6.20 Å². The average Bonchev–Trinajstić information content (AvgIpc) is 2.65. The van der Waals surface area contributed by atoms with Gasteiger partial charge in [0.15, 0.2) is 5.13 Å². The van der Waals surface area contributed by atoms with E-state index in [2.05, 4.69) is 24.1 Å². The molecule has 0 aliphatic heterocycles. The van der Waals surface area contributed by atoms with Gasteiger partial charge in [0.1, 0.15) is 5.00 Å². The van der Waals surface area contributed by atoms with Crippen LogP contribution in [0.15, 0.2) is 6.20 Å². The molecular weight excluding hydrogens is 206 g/mol. The van der Waals surface area contributed by atoms with Crippen LogP contribution in [-0.4, -0.2) is 11.5 Å². The van der Waals surface area contributed by atoms with Crippen LogP contribution < -0.4 is 11.1 Å². The molecule has 0 spiro atoms. The Kier molecular flexibility index (Phi) is 5.47. The van der Waals surface area contributed by atoms with Crippen molar-refractivity contribution >= 4 is 21.5 Å². The fourth-order valence-corrected chi connectivity index (χ4v) is 2.13. The zero-order valence-electron chi connectivity index (χ0n) is 9.62. The molecule has 0 aromatic carbocycles. The molecule has 1 aromatic heterocycles. The van der Waals surface area contributed by atoms with E-state index in [1.54, 1.807) is 6.20 Å². The summed E-state index contributed by atoms with van der Waals surface area (Å²) in [4.78, 5) is 4.18. The molecule has 0 saturated heterocycles. The molecule has 0 bridgehead atoms. The van der Waals surface area contributed by atoms with Gasteiger partial charge in [0.05, 0.1) is 6.20 Å². The molecule has 3 N–H and O–H groups in total. The van der Waals surface area contributed by atoms with Crippen LogP contribution in [0.5, 0.6) is 0 Å². The summed E-state index contributed by atoms with van der Waals surface area (Å²) in [5, 5.41) is 5.08. The molecule has 0 radical (unpaired) electrons. The number of nitrogen functional groups attached to an aromatic ring is 1. The third-order valence-corrected chi connectivity index (χ3v) is 3.39.